The maximum absolute atomic E-state index is 8.66. The first-order chi connectivity index (χ1) is 7.77. The Morgan fingerprint density at radius 2 is 2.25 bits per heavy atom. The number of nitrogens with one attached hydrogen (secondary N) is 1. The highest BCUT2D eigenvalue weighted by atomic mass is 16.2. The number of hydrogen-bond donors (Lipinski definition) is 2. The monoisotopic (exact) mass is 225 g/mol. The van der Waals surface area contributed by atoms with E-state index < -0.39 is 0 Å². The molecule has 2 N–H and O–H groups in total. The largest absolute Gasteiger partial charge is 0.396 e. The minimum absolute atomic E-state index is 0.286. The number of nitrogens with zero attached hydrogens (tertiary/aromatic N) is 2. The van der Waals surface area contributed by atoms with Gasteiger partial charge in [0.05, 0.1) is 11.4 Å². The SMILES string of the molecule is CCCn1nc(C)cc1CNCCCCO. The lowest BCUT2D eigenvalue weighted by Crippen LogP contribution is -2.18. The number of aliphatic hydroxyl groups excluding tert-OH is 1. The van der Waals surface area contributed by atoms with Crippen LogP contribution in [0.2, 0.25) is 0 Å². The molecule has 0 saturated carbocycles. The number of unbranched alkanes of at least 4 members (excludes halogenated alkanes) is 1. The Morgan fingerprint density at radius 1 is 1.44 bits per heavy atom. The molecule has 0 saturated heterocycles. The fraction of sp³-hybridized carbons (Fsp3) is 0.750. The zero-order valence-corrected chi connectivity index (χ0v) is 10.4. The molecule has 0 atom stereocenters. The van der Waals surface area contributed by atoms with Gasteiger partial charge in [-0.05, 0) is 38.8 Å². The number of aryl methyl sites for hydroxylation is 2. The van der Waals surface area contributed by atoms with Crippen LogP contribution in [0.25, 0.3) is 0 Å². The first-order valence-corrected chi connectivity index (χ1v) is 6.12. The molecule has 0 unspecified atom stereocenters. The van der Waals surface area contributed by atoms with E-state index in [-0.39, 0.29) is 6.61 Å². The van der Waals surface area contributed by atoms with Gasteiger partial charge in [0.1, 0.15) is 0 Å². The van der Waals surface area contributed by atoms with E-state index in [4.69, 9.17) is 5.11 Å². The van der Waals surface area contributed by atoms with Crippen molar-refractivity contribution in [2.24, 2.45) is 0 Å². The molecule has 92 valence electrons. The summed E-state index contributed by atoms with van der Waals surface area (Å²) in [6, 6.07) is 2.13. The summed E-state index contributed by atoms with van der Waals surface area (Å²) in [6.45, 7) is 7.29. The Balaban J connectivity index is 2.34. The normalized spacial score (nSPS) is 10.9. The molecule has 0 aromatic carbocycles. The fourth-order valence-corrected chi connectivity index (χ4v) is 1.73. The fourth-order valence-electron chi connectivity index (χ4n) is 1.73. The molecule has 0 fully saturated rings. The van der Waals surface area contributed by atoms with Crippen LogP contribution in [0, 0.1) is 6.92 Å². The molecule has 4 heteroatoms. The smallest absolute Gasteiger partial charge is 0.0597 e. The molecule has 1 aromatic heterocycles. The summed E-state index contributed by atoms with van der Waals surface area (Å²) in [5, 5.41) is 16.5. The van der Waals surface area contributed by atoms with Gasteiger partial charge in [0, 0.05) is 19.7 Å². The lowest BCUT2D eigenvalue weighted by Gasteiger charge is -2.07. The highest BCUT2D eigenvalue weighted by molar-refractivity contribution is 5.08. The van der Waals surface area contributed by atoms with E-state index in [1.165, 1.54) is 5.69 Å². The molecule has 0 aliphatic carbocycles. The molecule has 0 aliphatic rings. The Labute approximate surface area is 97.7 Å². The topological polar surface area (TPSA) is 50.1 Å². The van der Waals surface area contributed by atoms with Gasteiger partial charge in [0.25, 0.3) is 0 Å². The minimum Gasteiger partial charge on any atom is -0.396 e. The number of rotatable bonds is 8. The highest BCUT2D eigenvalue weighted by Gasteiger charge is 2.03. The van der Waals surface area contributed by atoms with Crippen molar-refractivity contribution in [3.05, 3.63) is 17.5 Å². The summed E-state index contributed by atoms with van der Waals surface area (Å²) >= 11 is 0. The van der Waals surface area contributed by atoms with E-state index in [2.05, 4.69) is 28.1 Å². The quantitative estimate of drug-likeness (QED) is 0.659. The lowest BCUT2D eigenvalue weighted by atomic mass is 10.3. The summed E-state index contributed by atoms with van der Waals surface area (Å²) in [6.07, 6.45) is 3.01. The van der Waals surface area contributed by atoms with Crippen LogP contribution in [-0.4, -0.2) is 28.0 Å². The molecule has 0 aliphatic heterocycles. The maximum Gasteiger partial charge on any atom is 0.0597 e. The summed E-state index contributed by atoms with van der Waals surface area (Å²) in [7, 11) is 0. The summed E-state index contributed by atoms with van der Waals surface area (Å²) in [5.74, 6) is 0. The molecular formula is C12H23N3O. The Bertz CT molecular complexity index is 296. The van der Waals surface area contributed by atoms with Gasteiger partial charge in [-0.3, -0.25) is 4.68 Å². The standard InChI is InChI=1S/C12H23N3O/c1-3-7-15-12(9-11(2)14-15)10-13-6-4-5-8-16/h9,13,16H,3-8,10H2,1-2H3. The first-order valence-electron chi connectivity index (χ1n) is 6.12. The van der Waals surface area contributed by atoms with Gasteiger partial charge >= 0.3 is 0 Å². The van der Waals surface area contributed by atoms with Crippen LogP contribution >= 0.6 is 0 Å². The van der Waals surface area contributed by atoms with Crippen LogP contribution in [0.15, 0.2) is 6.07 Å². The van der Waals surface area contributed by atoms with Crippen molar-refractivity contribution in [1.29, 1.82) is 0 Å². The van der Waals surface area contributed by atoms with Gasteiger partial charge < -0.3 is 10.4 Å². The van der Waals surface area contributed by atoms with E-state index >= 15 is 0 Å². The molecule has 1 heterocycles. The van der Waals surface area contributed by atoms with Crippen LogP contribution in [0.3, 0.4) is 0 Å². The third kappa shape index (κ3) is 4.33. The van der Waals surface area contributed by atoms with Crippen molar-refractivity contribution in [3.63, 3.8) is 0 Å². The third-order valence-corrected chi connectivity index (χ3v) is 2.49. The van der Waals surface area contributed by atoms with Crippen molar-refractivity contribution < 1.29 is 5.11 Å². The molecule has 0 bridgehead atoms. The van der Waals surface area contributed by atoms with Crippen molar-refractivity contribution in [1.82, 2.24) is 15.1 Å². The van der Waals surface area contributed by atoms with Crippen LogP contribution < -0.4 is 5.32 Å². The van der Waals surface area contributed by atoms with Crippen molar-refractivity contribution in [3.8, 4) is 0 Å². The molecule has 1 rings (SSSR count). The van der Waals surface area contributed by atoms with E-state index in [1.807, 2.05) is 6.92 Å². The van der Waals surface area contributed by atoms with Crippen LogP contribution in [0.1, 0.15) is 37.6 Å². The molecule has 0 amide bonds. The van der Waals surface area contributed by atoms with E-state index in [9.17, 15) is 0 Å². The Kier molecular flexibility index (Phi) is 6.11. The van der Waals surface area contributed by atoms with Crippen molar-refractivity contribution >= 4 is 0 Å². The van der Waals surface area contributed by atoms with Gasteiger partial charge in [0.2, 0.25) is 0 Å². The van der Waals surface area contributed by atoms with Crippen LogP contribution in [-0.2, 0) is 13.1 Å². The number of aliphatic hydroxyl groups is 1. The summed E-state index contributed by atoms with van der Waals surface area (Å²) in [5.41, 5.74) is 2.34. The lowest BCUT2D eigenvalue weighted by molar-refractivity contribution is 0.283. The molecule has 1 aromatic rings. The van der Waals surface area contributed by atoms with Gasteiger partial charge in [-0.1, -0.05) is 6.92 Å². The Hall–Kier alpha value is -0.870. The van der Waals surface area contributed by atoms with Crippen molar-refractivity contribution in [2.75, 3.05) is 13.2 Å². The van der Waals surface area contributed by atoms with Gasteiger partial charge in [-0.2, -0.15) is 5.10 Å². The predicted octanol–water partition coefficient (Wildman–Crippen LogP) is 1.46. The van der Waals surface area contributed by atoms with E-state index in [1.54, 1.807) is 0 Å². The van der Waals surface area contributed by atoms with Crippen molar-refractivity contribution in [2.45, 2.75) is 46.2 Å². The van der Waals surface area contributed by atoms with Gasteiger partial charge in [-0.15, -0.1) is 0 Å². The zero-order chi connectivity index (χ0) is 11.8. The van der Waals surface area contributed by atoms with E-state index in [0.29, 0.717) is 0 Å². The average molecular weight is 225 g/mol. The maximum atomic E-state index is 8.66. The summed E-state index contributed by atoms with van der Waals surface area (Å²) in [4.78, 5) is 0. The average Bonchev–Trinajstić information content (AvgIpc) is 2.59. The highest BCUT2D eigenvalue weighted by Crippen LogP contribution is 2.04. The van der Waals surface area contributed by atoms with Gasteiger partial charge in [-0.25, -0.2) is 0 Å². The second kappa shape index (κ2) is 7.41. The third-order valence-electron chi connectivity index (χ3n) is 2.49. The number of aromatic nitrogens is 2. The second-order valence-corrected chi connectivity index (χ2v) is 4.11. The second-order valence-electron chi connectivity index (χ2n) is 4.11. The molecule has 16 heavy (non-hydrogen) atoms. The molecule has 0 radical (unpaired) electrons. The zero-order valence-electron chi connectivity index (χ0n) is 10.4. The van der Waals surface area contributed by atoms with Crippen LogP contribution in [0.4, 0.5) is 0 Å². The van der Waals surface area contributed by atoms with Crippen LogP contribution in [0.5, 0.6) is 0 Å². The molecule has 0 spiro atoms. The minimum atomic E-state index is 0.286. The number of hydrogen-bond acceptors (Lipinski definition) is 3. The first kappa shape index (κ1) is 13.2. The Morgan fingerprint density at radius 3 is 2.94 bits per heavy atom. The van der Waals surface area contributed by atoms with E-state index in [0.717, 1.165) is 44.6 Å². The summed E-state index contributed by atoms with van der Waals surface area (Å²) < 4.78 is 2.08. The molecular weight excluding hydrogens is 202 g/mol. The van der Waals surface area contributed by atoms with Gasteiger partial charge in [0.15, 0.2) is 0 Å². The molecule has 4 nitrogen and oxygen atoms in total. The predicted molar refractivity (Wildman–Crippen MR) is 65.3 cm³/mol.